The zero-order valence-electron chi connectivity index (χ0n) is 17.6. The summed E-state index contributed by atoms with van der Waals surface area (Å²) in [5.41, 5.74) is 8.79. The lowest BCUT2D eigenvalue weighted by atomic mass is 9.86. The Morgan fingerprint density at radius 1 is 0.643 bits per heavy atom. The van der Waals surface area contributed by atoms with Crippen LogP contribution in [0.4, 0.5) is 22.7 Å². The van der Waals surface area contributed by atoms with Gasteiger partial charge in [-0.25, -0.2) is 0 Å². The van der Waals surface area contributed by atoms with E-state index in [9.17, 15) is 0 Å². The molecule has 0 spiro atoms. The predicted molar refractivity (Wildman–Crippen MR) is 120 cm³/mol. The van der Waals surface area contributed by atoms with Gasteiger partial charge in [-0.15, -0.1) is 0 Å². The number of anilines is 4. The van der Waals surface area contributed by atoms with Crippen LogP contribution in [0.5, 0.6) is 5.75 Å². The van der Waals surface area contributed by atoms with Crippen molar-refractivity contribution in [2.45, 2.75) is 26.2 Å². The molecule has 0 unspecified atom stereocenters. The molecule has 144 valence electrons. The second-order valence-electron chi connectivity index (χ2n) is 8.50. The van der Waals surface area contributed by atoms with Gasteiger partial charge >= 0.3 is 0 Å². The lowest BCUT2D eigenvalue weighted by Gasteiger charge is -2.38. The quantitative estimate of drug-likeness (QED) is 0.510. The molecule has 3 nitrogen and oxygen atoms in total. The van der Waals surface area contributed by atoms with Crippen molar-refractivity contribution in [1.82, 2.24) is 0 Å². The summed E-state index contributed by atoms with van der Waals surface area (Å²) in [6, 6.07) is 21.7. The summed E-state index contributed by atoms with van der Waals surface area (Å²) in [6.07, 6.45) is 0. The van der Waals surface area contributed by atoms with E-state index in [0.717, 1.165) is 5.75 Å². The van der Waals surface area contributed by atoms with Gasteiger partial charge in [0.25, 0.3) is 0 Å². The number of nitrogens with zero attached hydrogens (tertiary/aromatic N) is 2. The third-order valence-corrected chi connectivity index (χ3v) is 5.69. The van der Waals surface area contributed by atoms with E-state index in [4.69, 9.17) is 4.74 Å². The highest BCUT2D eigenvalue weighted by Crippen LogP contribution is 2.48. The Hall–Kier alpha value is -2.94. The van der Waals surface area contributed by atoms with Gasteiger partial charge in [0.1, 0.15) is 5.75 Å². The van der Waals surface area contributed by atoms with Crippen molar-refractivity contribution < 1.29 is 4.74 Å². The van der Waals surface area contributed by atoms with Crippen molar-refractivity contribution in [3.8, 4) is 16.9 Å². The lowest BCUT2D eigenvalue weighted by molar-refractivity contribution is 0.415. The minimum absolute atomic E-state index is 0.132. The van der Waals surface area contributed by atoms with Crippen LogP contribution in [0.1, 0.15) is 26.3 Å². The van der Waals surface area contributed by atoms with Gasteiger partial charge in [-0.1, -0.05) is 45.0 Å². The molecule has 0 saturated heterocycles. The first kappa shape index (κ1) is 18.4. The summed E-state index contributed by atoms with van der Waals surface area (Å²) in [4.78, 5) is 4.60. The maximum absolute atomic E-state index is 5.28. The highest BCUT2D eigenvalue weighted by Gasteiger charge is 2.26. The Labute approximate surface area is 168 Å². The van der Waals surface area contributed by atoms with Gasteiger partial charge < -0.3 is 14.5 Å². The van der Waals surface area contributed by atoms with Gasteiger partial charge in [0.05, 0.1) is 29.9 Å². The number of fused-ring (bicyclic) bond motifs is 2. The SMILES string of the molecule is COc1ccc(-c2ccc3c(c2)N(C)c2ccc(C(C)(C)C)cc2N3C)cc1. The molecule has 1 aliphatic heterocycles. The van der Waals surface area contributed by atoms with Crippen LogP contribution in [0.3, 0.4) is 0 Å². The van der Waals surface area contributed by atoms with Crippen molar-refractivity contribution in [2.24, 2.45) is 0 Å². The summed E-state index contributed by atoms with van der Waals surface area (Å²) in [5, 5.41) is 0. The van der Waals surface area contributed by atoms with Crippen LogP contribution in [-0.2, 0) is 5.41 Å². The summed E-state index contributed by atoms with van der Waals surface area (Å²) in [7, 11) is 6.00. The van der Waals surface area contributed by atoms with Crippen LogP contribution in [0.25, 0.3) is 11.1 Å². The van der Waals surface area contributed by atoms with E-state index in [1.54, 1.807) is 7.11 Å². The van der Waals surface area contributed by atoms with E-state index in [0.29, 0.717) is 0 Å². The number of benzene rings is 3. The summed E-state index contributed by atoms with van der Waals surface area (Å²) >= 11 is 0. The van der Waals surface area contributed by atoms with Gasteiger partial charge in [0.15, 0.2) is 0 Å². The minimum atomic E-state index is 0.132. The molecule has 0 aromatic heterocycles. The molecular formula is C25H28N2O. The van der Waals surface area contributed by atoms with Crippen molar-refractivity contribution in [1.29, 1.82) is 0 Å². The minimum Gasteiger partial charge on any atom is -0.497 e. The van der Waals surface area contributed by atoms with E-state index in [1.165, 1.54) is 39.4 Å². The molecule has 0 radical (unpaired) electrons. The third kappa shape index (κ3) is 3.01. The van der Waals surface area contributed by atoms with Crippen molar-refractivity contribution in [3.63, 3.8) is 0 Å². The molecule has 28 heavy (non-hydrogen) atoms. The number of methoxy groups -OCH3 is 1. The van der Waals surface area contributed by atoms with E-state index < -0.39 is 0 Å². The van der Waals surface area contributed by atoms with Gasteiger partial charge in [0, 0.05) is 14.1 Å². The maximum Gasteiger partial charge on any atom is 0.118 e. The average Bonchev–Trinajstić information content (AvgIpc) is 2.70. The van der Waals surface area contributed by atoms with E-state index in [-0.39, 0.29) is 5.41 Å². The van der Waals surface area contributed by atoms with E-state index >= 15 is 0 Å². The molecule has 3 heteroatoms. The fraction of sp³-hybridized carbons (Fsp3) is 0.280. The summed E-state index contributed by atoms with van der Waals surface area (Å²) < 4.78 is 5.28. The zero-order valence-corrected chi connectivity index (χ0v) is 17.6. The lowest BCUT2D eigenvalue weighted by Crippen LogP contribution is -2.25. The molecule has 0 fully saturated rings. The highest BCUT2D eigenvalue weighted by molar-refractivity contribution is 5.94. The number of ether oxygens (including phenoxy) is 1. The van der Waals surface area contributed by atoms with Gasteiger partial charge in [-0.3, -0.25) is 0 Å². The first-order valence-corrected chi connectivity index (χ1v) is 9.70. The summed E-state index contributed by atoms with van der Waals surface area (Å²) in [5.74, 6) is 0.877. The van der Waals surface area contributed by atoms with Crippen molar-refractivity contribution in [3.05, 3.63) is 66.2 Å². The molecule has 0 bridgehead atoms. The van der Waals surface area contributed by atoms with E-state index in [2.05, 4.69) is 93.2 Å². The van der Waals surface area contributed by atoms with Crippen LogP contribution in [0.15, 0.2) is 60.7 Å². The Bertz CT molecular complexity index is 1020. The molecule has 0 amide bonds. The topological polar surface area (TPSA) is 15.7 Å². The smallest absolute Gasteiger partial charge is 0.118 e. The second-order valence-corrected chi connectivity index (χ2v) is 8.50. The second kappa shape index (κ2) is 6.59. The zero-order chi connectivity index (χ0) is 20.1. The first-order valence-electron chi connectivity index (χ1n) is 9.70. The fourth-order valence-electron chi connectivity index (χ4n) is 3.84. The van der Waals surface area contributed by atoms with Crippen LogP contribution in [0.2, 0.25) is 0 Å². The van der Waals surface area contributed by atoms with Gasteiger partial charge in [-0.2, -0.15) is 0 Å². The average molecular weight is 373 g/mol. The molecule has 1 aliphatic rings. The van der Waals surface area contributed by atoms with Gasteiger partial charge in [-0.05, 0) is 58.5 Å². The molecule has 3 aromatic rings. The molecule has 0 saturated carbocycles. The van der Waals surface area contributed by atoms with Crippen molar-refractivity contribution in [2.75, 3.05) is 31.0 Å². The molecule has 0 N–H and O–H groups in total. The normalized spacial score (nSPS) is 13.2. The third-order valence-electron chi connectivity index (χ3n) is 5.69. The van der Waals surface area contributed by atoms with Crippen LogP contribution < -0.4 is 14.5 Å². The Balaban J connectivity index is 1.77. The Morgan fingerprint density at radius 3 is 1.75 bits per heavy atom. The molecule has 3 aromatic carbocycles. The standard InChI is InChI=1S/C25H28N2O/c1-25(2,3)19-10-14-22-24(16-19)27(5)21-13-9-18(15-23(21)26(22)4)17-7-11-20(28-6)12-8-17/h7-16H,1-6H3. The number of rotatable bonds is 2. The van der Waals surface area contributed by atoms with Gasteiger partial charge in [0.2, 0.25) is 0 Å². The molecule has 4 rings (SSSR count). The first-order chi connectivity index (χ1) is 13.3. The number of hydrogen-bond acceptors (Lipinski definition) is 3. The predicted octanol–water partition coefficient (Wildman–Crippen LogP) is 6.51. The maximum atomic E-state index is 5.28. The molecule has 1 heterocycles. The monoisotopic (exact) mass is 372 g/mol. The Kier molecular flexibility index (Phi) is 4.34. The largest absolute Gasteiger partial charge is 0.497 e. The fourth-order valence-corrected chi connectivity index (χ4v) is 3.84. The Morgan fingerprint density at radius 2 is 1.18 bits per heavy atom. The molecular weight excluding hydrogens is 344 g/mol. The van der Waals surface area contributed by atoms with Crippen molar-refractivity contribution >= 4 is 22.7 Å². The van der Waals surface area contributed by atoms with Crippen LogP contribution >= 0.6 is 0 Å². The van der Waals surface area contributed by atoms with Crippen LogP contribution in [-0.4, -0.2) is 21.2 Å². The van der Waals surface area contributed by atoms with Crippen LogP contribution in [0, 0.1) is 0 Å². The highest BCUT2D eigenvalue weighted by atomic mass is 16.5. The summed E-state index contributed by atoms with van der Waals surface area (Å²) in [6.45, 7) is 6.78. The number of hydrogen-bond donors (Lipinski definition) is 0. The van der Waals surface area contributed by atoms with E-state index in [1.807, 2.05) is 12.1 Å². The molecule has 0 aliphatic carbocycles. The molecule has 0 atom stereocenters.